The van der Waals surface area contributed by atoms with Gasteiger partial charge in [0.2, 0.25) is 0 Å². The van der Waals surface area contributed by atoms with Crippen LogP contribution in [-0.4, -0.2) is 16.1 Å². The van der Waals surface area contributed by atoms with E-state index in [0.29, 0.717) is 6.54 Å². The summed E-state index contributed by atoms with van der Waals surface area (Å²) in [6.45, 7) is 10.3. The molecular weight excluding hydrogens is 310 g/mol. The number of nitrogens with one attached hydrogen (secondary N) is 1. The molecule has 0 fully saturated rings. The fourth-order valence-electron chi connectivity index (χ4n) is 1.85. The molecule has 1 aromatic heterocycles. The second kappa shape index (κ2) is 8.89. The maximum Gasteiger partial charge on any atom is 0.137 e. The molecule has 23 heavy (non-hydrogen) atoms. The van der Waals surface area contributed by atoms with Crippen molar-refractivity contribution in [1.29, 1.82) is 0 Å². The van der Waals surface area contributed by atoms with Gasteiger partial charge in [-0.15, -0.1) is 0 Å². The highest BCUT2D eigenvalue weighted by molar-refractivity contribution is 7.84. The first-order chi connectivity index (χ1) is 10.9. The minimum Gasteiger partial charge on any atom is -0.496 e. The molecule has 1 aromatic carbocycles. The van der Waals surface area contributed by atoms with Gasteiger partial charge in [0.1, 0.15) is 11.5 Å². The highest BCUT2D eigenvalue weighted by Crippen LogP contribution is 2.31. The molecular formula is C18H29NO3S. The van der Waals surface area contributed by atoms with Crippen molar-refractivity contribution in [2.45, 2.75) is 45.9 Å². The van der Waals surface area contributed by atoms with E-state index in [1.807, 2.05) is 65.0 Å². The number of ether oxygens (including phenoxy) is 1. The highest BCUT2D eigenvalue weighted by atomic mass is 32.2. The maximum absolute atomic E-state index is 12.0. The van der Waals surface area contributed by atoms with Crippen LogP contribution in [0.4, 0.5) is 0 Å². The van der Waals surface area contributed by atoms with Gasteiger partial charge in [0, 0.05) is 7.97 Å². The summed E-state index contributed by atoms with van der Waals surface area (Å²) in [7, 11) is 0.541. The molecule has 0 aliphatic heterocycles. The minimum atomic E-state index is -1.09. The van der Waals surface area contributed by atoms with Crippen LogP contribution in [0.25, 0.3) is 11.3 Å². The van der Waals surface area contributed by atoms with Crippen molar-refractivity contribution >= 4 is 11.0 Å². The average Bonchev–Trinajstić information content (AvgIpc) is 3.07. The number of methoxy groups -OCH3 is 1. The van der Waals surface area contributed by atoms with Gasteiger partial charge in [-0.25, -0.2) is 8.93 Å². The summed E-state index contributed by atoms with van der Waals surface area (Å²) in [6.07, 6.45) is 1.64. The molecule has 1 heterocycles. The van der Waals surface area contributed by atoms with Crippen molar-refractivity contribution in [1.82, 2.24) is 4.72 Å². The van der Waals surface area contributed by atoms with Gasteiger partial charge >= 0.3 is 0 Å². The molecule has 0 saturated carbocycles. The van der Waals surface area contributed by atoms with Crippen LogP contribution >= 0.6 is 0 Å². The van der Waals surface area contributed by atoms with Crippen LogP contribution in [0, 0.1) is 0 Å². The Hall–Kier alpha value is -1.59. The number of furan rings is 1. The summed E-state index contributed by atoms with van der Waals surface area (Å²) >= 11 is 0. The van der Waals surface area contributed by atoms with E-state index in [0.717, 1.165) is 22.6 Å². The van der Waals surface area contributed by atoms with Gasteiger partial charge in [-0.3, -0.25) is 0 Å². The average molecular weight is 340 g/mol. The molecule has 1 unspecified atom stereocenters. The minimum absolute atomic E-state index is 0. The lowest BCUT2D eigenvalue weighted by Gasteiger charge is -2.18. The van der Waals surface area contributed by atoms with Gasteiger partial charge in [-0.2, -0.15) is 0 Å². The first-order valence-corrected chi connectivity index (χ1v) is 8.93. The monoisotopic (exact) mass is 339 g/mol. The first-order valence-electron chi connectivity index (χ1n) is 7.78. The van der Waals surface area contributed by atoms with Crippen LogP contribution < -0.4 is 9.46 Å². The van der Waals surface area contributed by atoms with Crippen molar-refractivity contribution < 1.29 is 14.8 Å². The van der Waals surface area contributed by atoms with E-state index in [2.05, 4.69) is 4.72 Å². The van der Waals surface area contributed by atoms with Crippen LogP contribution in [-0.2, 0) is 17.5 Å². The molecule has 130 valence electrons. The summed E-state index contributed by atoms with van der Waals surface area (Å²) in [5.41, 5.74) is 1.92. The number of hydrogen-bond donors (Lipinski definition) is 1. The molecule has 4 nitrogen and oxygen atoms in total. The van der Waals surface area contributed by atoms with E-state index in [1.54, 1.807) is 13.4 Å². The zero-order valence-corrected chi connectivity index (χ0v) is 15.6. The third-order valence-corrected chi connectivity index (χ3v) is 4.54. The van der Waals surface area contributed by atoms with Crippen LogP contribution in [0.5, 0.6) is 5.75 Å². The SMILES string of the molecule is CC.COc1cc(CNS(=O)C(C)(C)C)ccc1-c1ccco1.[HH]. The largest absolute Gasteiger partial charge is 0.496 e. The molecule has 2 aromatic rings. The van der Waals surface area contributed by atoms with Gasteiger partial charge in [-0.1, -0.05) is 19.9 Å². The fourth-order valence-corrected chi connectivity index (χ4v) is 2.58. The van der Waals surface area contributed by atoms with Crippen molar-refractivity contribution in [3.8, 4) is 17.1 Å². The highest BCUT2D eigenvalue weighted by Gasteiger charge is 2.19. The molecule has 2 rings (SSSR count). The van der Waals surface area contributed by atoms with Crippen LogP contribution in [0.15, 0.2) is 41.0 Å². The van der Waals surface area contributed by atoms with E-state index in [1.165, 1.54) is 0 Å². The molecule has 5 heteroatoms. The zero-order chi connectivity index (χ0) is 17.5. The van der Waals surface area contributed by atoms with Crippen LogP contribution in [0.3, 0.4) is 0 Å². The van der Waals surface area contributed by atoms with Crippen molar-refractivity contribution in [2.24, 2.45) is 0 Å². The number of hydrogen-bond acceptors (Lipinski definition) is 3. The third kappa shape index (κ3) is 5.52. The molecule has 0 aliphatic rings. The van der Waals surface area contributed by atoms with Crippen molar-refractivity contribution in [3.63, 3.8) is 0 Å². The van der Waals surface area contributed by atoms with E-state index < -0.39 is 11.0 Å². The first kappa shape index (κ1) is 19.5. The van der Waals surface area contributed by atoms with Crippen LogP contribution in [0.1, 0.15) is 41.6 Å². The maximum atomic E-state index is 12.0. The Balaban J connectivity index is 0.00000170. The summed E-state index contributed by atoms with van der Waals surface area (Å²) in [5.74, 6) is 1.51. The Labute approximate surface area is 143 Å². The Morgan fingerprint density at radius 3 is 2.48 bits per heavy atom. The standard InChI is InChI=1S/C16H21NO3S.C2H6.H2/c1-16(2,3)21(18)17-11-12-7-8-13(15(10-12)19-4)14-6-5-9-20-14;1-2;/h5-10,17H,11H2,1-4H3;1-2H3;1H. The molecule has 0 radical (unpaired) electrons. The molecule has 0 bridgehead atoms. The summed E-state index contributed by atoms with van der Waals surface area (Å²) in [6, 6.07) is 9.60. The summed E-state index contributed by atoms with van der Waals surface area (Å²) in [4.78, 5) is 0. The van der Waals surface area contributed by atoms with E-state index in [9.17, 15) is 4.21 Å². The topological polar surface area (TPSA) is 51.5 Å². The second-order valence-corrected chi connectivity index (χ2v) is 7.77. The lowest BCUT2D eigenvalue weighted by molar-refractivity contribution is 0.414. The van der Waals surface area contributed by atoms with Gasteiger partial charge in [0.15, 0.2) is 0 Å². The van der Waals surface area contributed by atoms with E-state index in [4.69, 9.17) is 9.15 Å². The summed E-state index contributed by atoms with van der Waals surface area (Å²) < 4.78 is 25.6. The third-order valence-electron chi connectivity index (χ3n) is 3.02. The Morgan fingerprint density at radius 2 is 1.96 bits per heavy atom. The van der Waals surface area contributed by atoms with Gasteiger partial charge in [0.05, 0.1) is 34.7 Å². The molecule has 1 N–H and O–H groups in total. The zero-order valence-electron chi connectivity index (χ0n) is 14.8. The van der Waals surface area contributed by atoms with Crippen molar-refractivity contribution in [2.75, 3.05) is 7.11 Å². The van der Waals surface area contributed by atoms with Crippen LogP contribution in [0.2, 0.25) is 0 Å². The fraction of sp³-hybridized carbons (Fsp3) is 0.444. The predicted octanol–water partition coefficient (Wildman–Crippen LogP) is 4.78. The van der Waals surface area contributed by atoms with E-state index >= 15 is 0 Å². The quantitative estimate of drug-likeness (QED) is 0.853. The van der Waals surface area contributed by atoms with Gasteiger partial charge < -0.3 is 9.15 Å². The molecule has 0 aliphatic carbocycles. The lowest BCUT2D eigenvalue weighted by Crippen LogP contribution is -2.32. The molecule has 0 amide bonds. The lowest BCUT2D eigenvalue weighted by atomic mass is 10.1. The smallest absolute Gasteiger partial charge is 0.137 e. The Morgan fingerprint density at radius 1 is 1.26 bits per heavy atom. The van der Waals surface area contributed by atoms with Gasteiger partial charge in [0.25, 0.3) is 0 Å². The molecule has 0 spiro atoms. The molecule has 1 atom stereocenters. The Bertz CT molecular complexity index is 622. The Kier molecular flexibility index (Phi) is 7.52. The normalized spacial score (nSPS) is 12.3. The van der Waals surface area contributed by atoms with Gasteiger partial charge in [-0.05, 0) is 50.6 Å². The second-order valence-electron chi connectivity index (χ2n) is 5.71. The molecule has 0 saturated heterocycles. The predicted molar refractivity (Wildman–Crippen MR) is 98.9 cm³/mol. The number of benzene rings is 1. The van der Waals surface area contributed by atoms with Crippen molar-refractivity contribution in [3.05, 3.63) is 42.2 Å². The summed E-state index contributed by atoms with van der Waals surface area (Å²) in [5, 5.41) is 0. The number of rotatable bonds is 5. The van der Waals surface area contributed by atoms with E-state index in [-0.39, 0.29) is 6.17 Å².